The van der Waals surface area contributed by atoms with E-state index in [0.29, 0.717) is 50.7 Å². The summed E-state index contributed by atoms with van der Waals surface area (Å²) in [7, 11) is 0. The Balaban J connectivity index is 1.09. The summed E-state index contributed by atoms with van der Waals surface area (Å²) in [6, 6.07) is 15.9. The van der Waals surface area contributed by atoms with Crippen molar-refractivity contribution in [3.05, 3.63) is 65.2 Å². The Hall–Kier alpha value is -3.55. The van der Waals surface area contributed by atoms with Gasteiger partial charge in [-0.1, -0.05) is 44.2 Å². The first-order chi connectivity index (χ1) is 18.3. The zero-order valence-electron chi connectivity index (χ0n) is 22.2. The zero-order chi connectivity index (χ0) is 26.5. The fourth-order valence-corrected chi connectivity index (χ4v) is 6.13. The highest BCUT2D eigenvalue weighted by molar-refractivity contribution is 5.96. The number of hydrogen-bond donors (Lipinski definition) is 0. The molecule has 1 saturated carbocycles. The number of fused-ring (bicyclic) bond motifs is 2. The standard InChI is InChI=1S/C30H35N3O5/c1-21(2)19-37-28(36)32-17-15-31(16-18-32)23-9-7-22(8-10-23)29(11-12-29)27(35)33-14-13-30(20-33)25-6-4-3-5-24(25)26(34)38-30/h3-10,21H,11-20H2,1-2H3. The van der Waals surface area contributed by atoms with Gasteiger partial charge in [-0.3, -0.25) is 4.79 Å². The monoisotopic (exact) mass is 517 g/mol. The van der Waals surface area contributed by atoms with Crippen molar-refractivity contribution in [3.63, 3.8) is 0 Å². The Bertz CT molecular complexity index is 1250. The molecule has 1 spiro atoms. The first-order valence-corrected chi connectivity index (χ1v) is 13.7. The van der Waals surface area contributed by atoms with E-state index in [2.05, 4.69) is 29.2 Å². The van der Waals surface area contributed by atoms with Gasteiger partial charge in [0.15, 0.2) is 5.60 Å². The maximum atomic E-state index is 13.8. The van der Waals surface area contributed by atoms with Crippen LogP contribution in [-0.4, -0.2) is 73.6 Å². The van der Waals surface area contributed by atoms with E-state index in [-0.39, 0.29) is 18.0 Å². The molecule has 2 amide bonds. The number of esters is 1. The first-order valence-electron chi connectivity index (χ1n) is 13.7. The van der Waals surface area contributed by atoms with Crippen LogP contribution in [0.4, 0.5) is 10.5 Å². The van der Waals surface area contributed by atoms with E-state index in [9.17, 15) is 14.4 Å². The van der Waals surface area contributed by atoms with Crippen LogP contribution in [0.25, 0.3) is 0 Å². The van der Waals surface area contributed by atoms with Crippen LogP contribution in [-0.2, 0) is 25.3 Å². The molecule has 200 valence electrons. The average Bonchev–Trinajstić information content (AvgIpc) is 3.57. The molecule has 8 nitrogen and oxygen atoms in total. The van der Waals surface area contributed by atoms with Crippen LogP contribution < -0.4 is 4.90 Å². The van der Waals surface area contributed by atoms with Crippen molar-refractivity contribution in [3.8, 4) is 0 Å². The topological polar surface area (TPSA) is 79.4 Å². The summed E-state index contributed by atoms with van der Waals surface area (Å²) in [6.07, 6.45) is 2.07. The molecule has 3 fully saturated rings. The van der Waals surface area contributed by atoms with Gasteiger partial charge in [0, 0.05) is 50.4 Å². The van der Waals surface area contributed by atoms with Gasteiger partial charge in [-0.2, -0.15) is 0 Å². The highest BCUT2D eigenvalue weighted by Crippen LogP contribution is 2.52. The Morgan fingerprint density at radius 1 is 0.921 bits per heavy atom. The van der Waals surface area contributed by atoms with E-state index in [1.54, 1.807) is 11.0 Å². The van der Waals surface area contributed by atoms with Crippen molar-refractivity contribution in [2.45, 2.75) is 44.1 Å². The number of ether oxygens (including phenoxy) is 2. The Morgan fingerprint density at radius 2 is 1.63 bits per heavy atom. The molecule has 38 heavy (non-hydrogen) atoms. The highest BCUT2D eigenvalue weighted by atomic mass is 16.6. The van der Waals surface area contributed by atoms with Gasteiger partial charge in [-0.25, -0.2) is 9.59 Å². The van der Waals surface area contributed by atoms with E-state index in [1.807, 2.05) is 36.9 Å². The normalized spacial score (nSPS) is 23.6. The predicted molar refractivity (Wildman–Crippen MR) is 142 cm³/mol. The molecule has 6 rings (SSSR count). The number of amides is 2. The minimum Gasteiger partial charge on any atom is -0.449 e. The Kier molecular flexibility index (Phi) is 6.08. The minimum absolute atomic E-state index is 0.135. The number of rotatable bonds is 5. The fourth-order valence-electron chi connectivity index (χ4n) is 6.13. The molecular formula is C30H35N3O5. The van der Waals surface area contributed by atoms with Crippen LogP contribution in [0.15, 0.2) is 48.5 Å². The molecule has 4 aliphatic rings. The van der Waals surface area contributed by atoms with Crippen molar-refractivity contribution >= 4 is 23.7 Å². The highest BCUT2D eigenvalue weighted by Gasteiger charge is 2.57. The third-order valence-electron chi connectivity index (χ3n) is 8.47. The maximum absolute atomic E-state index is 13.8. The van der Waals surface area contributed by atoms with Gasteiger partial charge in [0.05, 0.1) is 24.1 Å². The molecular weight excluding hydrogens is 482 g/mol. The number of carbonyl (C=O) groups is 3. The van der Waals surface area contributed by atoms with E-state index in [4.69, 9.17) is 9.47 Å². The average molecular weight is 518 g/mol. The van der Waals surface area contributed by atoms with E-state index in [0.717, 1.165) is 42.7 Å². The fraction of sp³-hybridized carbons (Fsp3) is 0.500. The SMILES string of the molecule is CC(C)COC(=O)N1CCN(c2ccc(C3(C(=O)N4CCC5(C4)OC(=O)c4ccccc45)CC3)cc2)CC1. The van der Waals surface area contributed by atoms with Crippen LogP contribution in [0.3, 0.4) is 0 Å². The van der Waals surface area contributed by atoms with Crippen LogP contribution in [0.2, 0.25) is 0 Å². The first kappa shape index (κ1) is 24.8. The van der Waals surface area contributed by atoms with E-state index < -0.39 is 11.0 Å². The summed E-state index contributed by atoms with van der Waals surface area (Å²) >= 11 is 0. The predicted octanol–water partition coefficient (Wildman–Crippen LogP) is 3.93. The minimum atomic E-state index is -0.716. The number of nitrogens with zero attached hydrogens (tertiary/aromatic N) is 3. The number of benzene rings is 2. The van der Waals surface area contributed by atoms with Gasteiger partial charge in [0.2, 0.25) is 5.91 Å². The molecule has 0 N–H and O–H groups in total. The van der Waals surface area contributed by atoms with Crippen molar-refractivity contribution in [1.29, 1.82) is 0 Å². The lowest BCUT2D eigenvalue weighted by atomic mass is 9.91. The van der Waals surface area contributed by atoms with E-state index in [1.165, 1.54) is 0 Å². The van der Waals surface area contributed by atoms with Crippen molar-refractivity contribution in [1.82, 2.24) is 9.80 Å². The Morgan fingerprint density at radius 3 is 2.32 bits per heavy atom. The molecule has 3 heterocycles. The van der Waals surface area contributed by atoms with E-state index >= 15 is 0 Å². The van der Waals surface area contributed by atoms with Gasteiger partial charge < -0.3 is 24.2 Å². The third kappa shape index (κ3) is 4.20. The molecule has 8 heteroatoms. The van der Waals surface area contributed by atoms with Crippen LogP contribution >= 0.6 is 0 Å². The summed E-state index contributed by atoms with van der Waals surface area (Å²) in [4.78, 5) is 44.4. The third-order valence-corrected chi connectivity index (χ3v) is 8.47. The molecule has 1 unspecified atom stereocenters. The second-order valence-corrected chi connectivity index (χ2v) is 11.5. The van der Waals surface area contributed by atoms with Gasteiger partial charge in [-0.15, -0.1) is 0 Å². The van der Waals surface area contributed by atoms with Gasteiger partial charge in [0.25, 0.3) is 0 Å². The van der Waals surface area contributed by atoms with Gasteiger partial charge in [-0.05, 0) is 42.5 Å². The number of anilines is 1. The smallest absolute Gasteiger partial charge is 0.409 e. The molecule has 0 aromatic heterocycles. The molecule has 1 atom stereocenters. The zero-order valence-corrected chi connectivity index (χ0v) is 22.2. The van der Waals surface area contributed by atoms with Crippen LogP contribution in [0.1, 0.15) is 54.6 Å². The number of carbonyl (C=O) groups excluding carboxylic acids is 3. The van der Waals surface area contributed by atoms with Crippen molar-refractivity contribution in [2.75, 3.05) is 50.8 Å². The summed E-state index contributed by atoms with van der Waals surface area (Å²) < 4.78 is 11.2. The molecule has 3 aliphatic heterocycles. The second-order valence-electron chi connectivity index (χ2n) is 11.5. The summed E-state index contributed by atoms with van der Waals surface area (Å²) in [6.45, 7) is 8.26. The summed E-state index contributed by atoms with van der Waals surface area (Å²) in [5.41, 5.74) is 2.47. The molecule has 1 aliphatic carbocycles. The lowest BCUT2D eigenvalue weighted by Crippen LogP contribution is -2.49. The maximum Gasteiger partial charge on any atom is 0.409 e. The van der Waals surface area contributed by atoms with Gasteiger partial charge in [0.1, 0.15) is 0 Å². The quantitative estimate of drug-likeness (QED) is 0.560. The molecule has 2 aromatic carbocycles. The lowest BCUT2D eigenvalue weighted by Gasteiger charge is -2.35. The molecule has 0 radical (unpaired) electrons. The molecule has 2 aromatic rings. The summed E-state index contributed by atoms with van der Waals surface area (Å²) in [5, 5.41) is 0. The Labute approximate surface area is 223 Å². The van der Waals surface area contributed by atoms with Crippen LogP contribution in [0, 0.1) is 5.92 Å². The number of piperazine rings is 1. The molecule has 2 saturated heterocycles. The van der Waals surface area contributed by atoms with Gasteiger partial charge >= 0.3 is 12.1 Å². The number of hydrogen-bond acceptors (Lipinski definition) is 6. The largest absolute Gasteiger partial charge is 0.449 e. The second kappa shape index (κ2) is 9.33. The van der Waals surface area contributed by atoms with Crippen LogP contribution in [0.5, 0.6) is 0 Å². The summed E-state index contributed by atoms with van der Waals surface area (Å²) in [5.74, 6) is 0.167. The molecule has 0 bridgehead atoms. The van der Waals surface area contributed by atoms with Crippen molar-refractivity contribution in [2.24, 2.45) is 5.92 Å². The number of likely N-dealkylation sites (tertiary alicyclic amines) is 1. The lowest BCUT2D eigenvalue weighted by molar-refractivity contribution is -0.134. The van der Waals surface area contributed by atoms with Crippen molar-refractivity contribution < 1.29 is 23.9 Å².